The first kappa shape index (κ1) is 17.3. The zero-order valence-electron chi connectivity index (χ0n) is 13.0. The number of nitrogens with one attached hydrogen (secondary N) is 2. The molecule has 6 heteroatoms. The molecule has 0 aromatic heterocycles. The molecule has 3 rings (SSSR count). The van der Waals surface area contributed by atoms with E-state index < -0.39 is 0 Å². The van der Waals surface area contributed by atoms with Crippen molar-refractivity contribution in [2.24, 2.45) is 4.99 Å². The molecule has 2 aliphatic heterocycles. The second-order valence-electron chi connectivity index (χ2n) is 5.57. The Balaban J connectivity index is 0.00000176. The molecule has 1 unspecified atom stereocenters. The van der Waals surface area contributed by atoms with Gasteiger partial charge in [0, 0.05) is 32.1 Å². The van der Waals surface area contributed by atoms with E-state index in [1.807, 2.05) is 19.2 Å². The fraction of sp³-hybridized carbons (Fsp3) is 0.562. The van der Waals surface area contributed by atoms with Crippen molar-refractivity contribution in [2.45, 2.75) is 18.9 Å². The van der Waals surface area contributed by atoms with E-state index in [2.05, 4.69) is 32.7 Å². The van der Waals surface area contributed by atoms with Crippen LogP contribution in [0.2, 0.25) is 0 Å². The predicted molar refractivity (Wildman–Crippen MR) is 100 cm³/mol. The molecule has 2 heterocycles. The molecule has 5 nitrogen and oxygen atoms in total. The minimum atomic E-state index is 0. The molecule has 1 atom stereocenters. The van der Waals surface area contributed by atoms with E-state index in [0.717, 1.165) is 37.8 Å². The second-order valence-corrected chi connectivity index (χ2v) is 5.57. The number of para-hydroxylation sites is 1. The first-order chi connectivity index (χ1) is 10.4. The smallest absolute Gasteiger partial charge is 0.191 e. The number of nitrogens with zero attached hydrogens (tertiary/aromatic N) is 2. The number of benzene rings is 1. The van der Waals surface area contributed by atoms with Crippen molar-refractivity contribution >= 4 is 29.9 Å². The zero-order valence-corrected chi connectivity index (χ0v) is 15.4. The summed E-state index contributed by atoms with van der Waals surface area (Å²) in [4.78, 5) is 6.78. The summed E-state index contributed by atoms with van der Waals surface area (Å²) in [5.41, 5.74) is 1.22. The molecule has 2 N–H and O–H groups in total. The number of halogens is 1. The molecule has 0 aliphatic carbocycles. The van der Waals surface area contributed by atoms with Crippen molar-refractivity contribution < 1.29 is 4.74 Å². The van der Waals surface area contributed by atoms with Gasteiger partial charge in [0.05, 0.1) is 12.6 Å². The highest BCUT2D eigenvalue weighted by Crippen LogP contribution is 2.31. The van der Waals surface area contributed by atoms with Gasteiger partial charge in [-0.3, -0.25) is 4.99 Å². The number of hydrogen-bond donors (Lipinski definition) is 2. The summed E-state index contributed by atoms with van der Waals surface area (Å²) in [6.45, 7) is 5.25. The number of fused-ring (bicyclic) bond motifs is 1. The summed E-state index contributed by atoms with van der Waals surface area (Å²) in [5.74, 6) is 1.86. The van der Waals surface area contributed by atoms with Crippen LogP contribution in [-0.2, 0) is 0 Å². The van der Waals surface area contributed by atoms with E-state index in [0.29, 0.717) is 0 Å². The van der Waals surface area contributed by atoms with Gasteiger partial charge < -0.3 is 20.3 Å². The first-order valence-corrected chi connectivity index (χ1v) is 7.78. The normalized spacial score (nSPS) is 21.0. The SMILES string of the molecule is CN=C(NCCN1CCC1)NC1CCOc2ccccc21.I. The van der Waals surface area contributed by atoms with Crippen molar-refractivity contribution in [3.05, 3.63) is 29.8 Å². The van der Waals surface area contributed by atoms with E-state index in [9.17, 15) is 0 Å². The van der Waals surface area contributed by atoms with Crippen molar-refractivity contribution in [3.8, 4) is 5.75 Å². The van der Waals surface area contributed by atoms with Crippen LogP contribution in [0.15, 0.2) is 29.3 Å². The minimum Gasteiger partial charge on any atom is -0.493 e. The van der Waals surface area contributed by atoms with Crippen LogP contribution < -0.4 is 15.4 Å². The fourth-order valence-corrected chi connectivity index (χ4v) is 2.79. The van der Waals surface area contributed by atoms with Crippen LogP contribution in [0.1, 0.15) is 24.4 Å². The Morgan fingerprint density at radius 2 is 2.18 bits per heavy atom. The third-order valence-electron chi connectivity index (χ3n) is 4.16. The molecule has 1 saturated heterocycles. The topological polar surface area (TPSA) is 48.9 Å². The molecular formula is C16H25IN4O. The number of hydrogen-bond acceptors (Lipinski definition) is 3. The highest BCUT2D eigenvalue weighted by Gasteiger charge is 2.21. The van der Waals surface area contributed by atoms with E-state index in [1.54, 1.807) is 0 Å². The first-order valence-electron chi connectivity index (χ1n) is 7.78. The molecule has 0 spiro atoms. The van der Waals surface area contributed by atoms with Crippen LogP contribution in [0, 0.1) is 0 Å². The Bertz CT molecular complexity index is 505. The Labute approximate surface area is 149 Å². The average molecular weight is 416 g/mol. The third-order valence-corrected chi connectivity index (χ3v) is 4.16. The summed E-state index contributed by atoms with van der Waals surface area (Å²) < 4.78 is 5.70. The van der Waals surface area contributed by atoms with Gasteiger partial charge in [-0.25, -0.2) is 0 Å². The van der Waals surface area contributed by atoms with Gasteiger partial charge in [-0.15, -0.1) is 24.0 Å². The molecule has 22 heavy (non-hydrogen) atoms. The summed E-state index contributed by atoms with van der Waals surface area (Å²) in [5, 5.41) is 6.91. The largest absolute Gasteiger partial charge is 0.493 e. The molecule has 0 amide bonds. The number of guanidine groups is 1. The highest BCUT2D eigenvalue weighted by molar-refractivity contribution is 14.0. The summed E-state index contributed by atoms with van der Waals surface area (Å²) in [6, 6.07) is 8.50. The second kappa shape index (κ2) is 8.57. The number of rotatable bonds is 4. The van der Waals surface area contributed by atoms with E-state index in [1.165, 1.54) is 25.1 Å². The molecule has 2 aliphatic rings. The Hall–Kier alpha value is -1.02. The predicted octanol–water partition coefficient (Wildman–Crippen LogP) is 2.00. The number of likely N-dealkylation sites (tertiary alicyclic amines) is 1. The van der Waals surface area contributed by atoms with Crippen LogP contribution in [0.4, 0.5) is 0 Å². The summed E-state index contributed by atoms with van der Waals surface area (Å²) in [7, 11) is 1.82. The Morgan fingerprint density at radius 1 is 1.36 bits per heavy atom. The molecule has 1 aromatic rings. The lowest BCUT2D eigenvalue weighted by Crippen LogP contribution is -2.46. The Morgan fingerprint density at radius 3 is 2.91 bits per heavy atom. The lowest BCUT2D eigenvalue weighted by atomic mass is 10.0. The fourth-order valence-electron chi connectivity index (χ4n) is 2.79. The molecule has 122 valence electrons. The molecule has 0 saturated carbocycles. The maximum absolute atomic E-state index is 5.70. The van der Waals surface area contributed by atoms with Crippen LogP contribution >= 0.6 is 24.0 Å². The van der Waals surface area contributed by atoms with Crippen LogP contribution in [0.3, 0.4) is 0 Å². The maximum Gasteiger partial charge on any atom is 0.191 e. The van der Waals surface area contributed by atoms with Gasteiger partial charge in [-0.05, 0) is 25.6 Å². The maximum atomic E-state index is 5.70. The molecule has 1 fully saturated rings. The van der Waals surface area contributed by atoms with Crippen molar-refractivity contribution in [2.75, 3.05) is 39.8 Å². The van der Waals surface area contributed by atoms with E-state index in [4.69, 9.17) is 4.74 Å². The van der Waals surface area contributed by atoms with Crippen LogP contribution in [0.5, 0.6) is 5.75 Å². The van der Waals surface area contributed by atoms with Gasteiger partial charge in [0.1, 0.15) is 5.75 Å². The van der Waals surface area contributed by atoms with Crippen molar-refractivity contribution in [1.29, 1.82) is 0 Å². The third kappa shape index (κ3) is 4.25. The summed E-state index contributed by atoms with van der Waals surface area (Å²) >= 11 is 0. The molecule has 1 aromatic carbocycles. The highest BCUT2D eigenvalue weighted by atomic mass is 127. The van der Waals surface area contributed by atoms with Crippen molar-refractivity contribution in [3.63, 3.8) is 0 Å². The van der Waals surface area contributed by atoms with Gasteiger partial charge in [0.25, 0.3) is 0 Å². The molecule has 0 radical (unpaired) electrons. The number of ether oxygens (including phenoxy) is 1. The van der Waals surface area contributed by atoms with Crippen LogP contribution in [-0.4, -0.2) is 50.7 Å². The number of aliphatic imine (C=N–C) groups is 1. The van der Waals surface area contributed by atoms with Gasteiger partial charge >= 0.3 is 0 Å². The van der Waals surface area contributed by atoms with E-state index in [-0.39, 0.29) is 30.0 Å². The lowest BCUT2D eigenvalue weighted by Gasteiger charge is -2.31. The molecule has 0 bridgehead atoms. The summed E-state index contributed by atoms with van der Waals surface area (Å²) in [6.07, 6.45) is 2.30. The van der Waals surface area contributed by atoms with Gasteiger partial charge in [0.2, 0.25) is 0 Å². The van der Waals surface area contributed by atoms with E-state index >= 15 is 0 Å². The van der Waals surface area contributed by atoms with Gasteiger partial charge in [0.15, 0.2) is 5.96 Å². The molecular weight excluding hydrogens is 391 g/mol. The van der Waals surface area contributed by atoms with Crippen molar-refractivity contribution in [1.82, 2.24) is 15.5 Å². The van der Waals surface area contributed by atoms with Gasteiger partial charge in [-0.2, -0.15) is 0 Å². The van der Waals surface area contributed by atoms with Gasteiger partial charge in [-0.1, -0.05) is 18.2 Å². The Kier molecular flexibility index (Phi) is 6.75. The lowest BCUT2D eigenvalue weighted by molar-refractivity contribution is 0.185. The quantitative estimate of drug-likeness (QED) is 0.448. The standard InChI is InChI=1S/C16H24N4O.HI/c1-17-16(18-8-11-20-9-4-10-20)19-14-7-12-21-15-6-3-2-5-13(14)15;/h2-3,5-6,14H,4,7-12H2,1H3,(H2,17,18,19);1H. The zero-order chi connectivity index (χ0) is 14.5. The van der Waals surface area contributed by atoms with Crippen LogP contribution in [0.25, 0.3) is 0 Å². The monoisotopic (exact) mass is 416 g/mol. The average Bonchev–Trinajstić information content (AvgIpc) is 2.48. The minimum absolute atomic E-state index is 0.